The Hall–Kier alpha value is -0.780. The van der Waals surface area contributed by atoms with Crippen LogP contribution in [0.25, 0.3) is 0 Å². The van der Waals surface area contributed by atoms with Gasteiger partial charge in [0.1, 0.15) is 0 Å². The molecule has 0 bridgehead atoms. The van der Waals surface area contributed by atoms with E-state index in [1.807, 2.05) is 0 Å². The highest BCUT2D eigenvalue weighted by Crippen LogP contribution is 2.16. The van der Waals surface area contributed by atoms with Crippen molar-refractivity contribution in [3.63, 3.8) is 0 Å². The Morgan fingerprint density at radius 3 is 2.18 bits per heavy atom. The second-order valence-electron chi connectivity index (χ2n) is 2.72. The summed E-state index contributed by atoms with van der Waals surface area (Å²) in [6.45, 7) is 4.48. The number of hydrogen-bond acceptors (Lipinski definition) is 0. The zero-order valence-electron chi connectivity index (χ0n) is 6.67. The molecule has 1 aromatic rings. The first kappa shape index (κ1) is 10.2. The van der Waals surface area contributed by atoms with E-state index in [-0.39, 0.29) is 7.43 Å². The van der Waals surface area contributed by atoms with E-state index in [0.29, 0.717) is 5.92 Å². The Bertz CT molecular complexity index is 176. The summed E-state index contributed by atoms with van der Waals surface area (Å²) >= 11 is 0. The van der Waals surface area contributed by atoms with Gasteiger partial charge in [-0.15, -0.1) is 0 Å². The molecular formula is C11H18. The number of rotatable bonds is 2. The fraction of sp³-hybridized carbons (Fsp3) is 0.455. The molecule has 0 saturated carbocycles. The monoisotopic (exact) mass is 150 g/mol. The first-order valence-electron chi connectivity index (χ1n) is 3.89. The first-order chi connectivity index (χ1) is 4.84. The molecule has 0 heterocycles. The molecule has 0 amide bonds. The van der Waals surface area contributed by atoms with E-state index in [9.17, 15) is 0 Å². The topological polar surface area (TPSA) is 0 Å². The summed E-state index contributed by atoms with van der Waals surface area (Å²) in [5.41, 5.74) is 1.45. The largest absolute Gasteiger partial charge is 0.0776 e. The molecule has 0 aliphatic rings. The van der Waals surface area contributed by atoms with Crippen LogP contribution in [0.2, 0.25) is 0 Å². The van der Waals surface area contributed by atoms with Crippen LogP contribution < -0.4 is 0 Å². The quantitative estimate of drug-likeness (QED) is 0.601. The predicted octanol–water partition coefficient (Wildman–Crippen LogP) is 3.84. The van der Waals surface area contributed by atoms with Crippen LogP contribution in [0, 0.1) is 0 Å². The molecule has 0 spiro atoms. The Balaban J connectivity index is 0.000001000. The summed E-state index contributed by atoms with van der Waals surface area (Å²) in [6, 6.07) is 10.6. The average Bonchev–Trinajstić information content (AvgIpc) is 2.05. The zero-order chi connectivity index (χ0) is 7.40. The summed E-state index contributed by atoms with van der Waals surface area (Å²) in [4.78, 5) is 0. The predicted molar refractivity (Wildman–Crippen MR) is 51.9 cm³/mol. The molecule has 1 rings (SSSR count). The van der Waals surface area contributed by atoms with Gasteiger partial charge < -0.3 is 0 Å². The van der Waals surface area contributed by atoms with Crippen LogP contribution in [0.4, 0.5) is 0 Å². The number of hydrogen-bond donors (Lipinski definition) is 0. The highest BCUT2D eigenvalue weighted by molar-refractivity contribution is 5.18. The third-order valence-corrected chi connectivity index (χ3v) is 1.98. The molecule has 1 aromatic carbocycles. The van der Waals surface area contributed by atoms with Gasteiger partial charge in [-0.25, -0.2) is 0 Å². The summed E-state index contributed by atoms with van der Waals surface area (Å²) < 4.78 is 0. The fourth-order valence-electron chi connectivity index (χ4n) is 1.02. The molecule has 62 valence electrons. The van der Waals surface area contributed by atoms with Crippen molar-refractivity contribution >= 4 is 0 Å². The average molecular weight is 150 g/mol. The van der Waals surface area contributed by atoms with Crippen LogP contribution >= 0.6 is 0 Å². The molecule has 0 saturated heterocycles. The van der Waals surface area contributed by atoms with Crippen molar-refractivity contribution in [1.29, 1.82) is 0 Å². The molecule has 0 unspecified atom stereocenters. The molecule has 0 aliphatic heterocycles. The van der Waals surface area contributed by atoms with Crippen molar-refractivity contribution in [3.8, 4) is 0 Å². The lowest BCUT2D eigenvalue weighted by Crippen LogP contribution is -1.88. The maximum absolute atomic E-state index is 2.26. The molecule has 0 N–H and O–H groups in total. The lowest BCUT2D eigenvalue weighted by Gasteiger charge is -2.06. The minimum atomic E-state index is 0. The van der Waals surface area contributed by atoms with Crippen molar-refractivity contribution < 1.29 is 0 Å². The smallest absolute Gasteiger partial charge is 0.0193 e. The Labute approximate surface area is 70.3 Å². The van der Waals surface area contributed by atoms with E-state index in [4.69, 9.17) is 0 Å². The lowest BCUT2D eigenvalue weighted by atomic mass is 9.99. The maximum atomic E-state index is 2.26. The van der Waals surface area contributed by atoms with Gasteiger partial charge in [-0.2, -0.15) is 0 Å². The van der Waals surface area contributed by atoms with Crippen LogP contribution in [0.1, 0.15) is 39.2 Å². The Kier molecular flexibility index (Phi) is 4.60. The van der Waals surface area contributed by atoms with Crippen LogP contribution in [-0.2, 0) is 0 Å². The minimum Gasteiger partial charge on any atom is -0.0776 e. The molecule has 0 heteroatoms. The van der Waals surface area contributed by atoms with E-state index in [2.05, 4.69) is 44.2 Å². The van der Waals surface area contributed by atoms with Crippen molar-refractivity contribution in [2.75, 3.05) is 0 Å². The van der Waals surface area contributed by atoms with Gasteiger partial charge >= 0.3 is 0 Å². The summed E-state index contributed by atoms with van der Waals surface area (Å²) in [5, 5.41) is 0. The molecule has 0 nitrogen and oxygen atoms in total. The van der Waals surface area contributed by atoms with Gasteiger partial charge in [0.2, 0.25) is 0 Å². The first-order valence-corrected chi connectivity index (χ1v) is 3.89. The van der Waals surface area contributed by atoms with E-state index in [1.165, 1.54) is 12.0 Å². The third kappa shape index (κ3) is 2.75. The van der Waals surface area contributed by atoms with Crippen LogP contribution in [0.3, 0.4) is 0 Å². The van der Waals surface area contributed by atoms with Crippen LogP contribution in [0.15, 0.2) is 30.3 Å². The van der Waals surface area contributed by atoms with Crippen molar-refractivity contribution in [3.05, 3.63) is 35.9 Å². The number of benzene rings is 1. The van der Waals surface area contributed by atoms with Crippen molar-refractivity contribution in [2.45, 2.75) is 33.6 Å². The zero-order valence-corrected chi connectivity index (χ0v) is 6.67. The fourth-order valence-corrected chi connectivity index (χ4v) is 1.02. The van der Waals surface area contributed by atoms with Crippen molar-refractivity contribution in [1.82, 2.24) is 0 Å². The molecule has 0 aromatic heterocycles. The van der Waals surface area contributed by atoms with Gasteiger partial charge in [-0.1, -0.05) is 51.6 Å². The normalized spacial score (nSPS) is 11.8. The van der Waals surface area contributed by atoms with E-state index >= 15 is 0 Å². The van der Waals surface area contributed by atoms with E-state index < -0.39 is 0 Å². The van der Waals surface area contributed by atoms with Gasteiger partial charge in [0.05, 0.1) is 0 Å². The molecule has 0 aliphatic carbocycles. The van der Waals surface area contributed by atoms with Gasteiger partial charge in [0.25, 0.3) is 0 Å². The second-order valence-corrected chi connectivity index (χ2v) is 2.72. The van der Waals surface area contributed by atoms with Gasteiger partial charge in [0.15, 0.2) is 0 Å². The summed E-state index contributed by atoms with van der Waals surface area (Å²) in [6.07, 6.45) is 1.23. The summed E-state index contributed by atoms with van der Waals surface area (Å²) in [5.74, 6) is 0.709. The SMILES string of the molecule is C.CC[C@H](C)c1ccccc1. The molecule has 0 fully saturated rings. The van der Waals surface area contributed by atoms with E-state index in [1.54, 1.807) is 0 Å². The molecule has 11 heavy (non-hydrogen) atoms. The lowest BCUT2D eigenvalue weighted by molar-refractivity contribution is 0.733. The third-order valence-electron chi connectivity index (χ3n) is 1.98. The second kappa shape index (κ2) is 4.95. The summed E-state index contributed by atoms with van der Waals surface area (Å²) in [7, 11) is 0. The molecule has 0 radical (unpaired) electrons. The van der Waals surface area contributed by atoms with Crippen LogP contribution in [0.5, 0.6) is 0 Å². The minimum absolute atomic E-state index is 0. The van der Waals surface area contributed by atoms with Gasteiger partial charge in [0, 0.05) is 0 Å². The maximum Gasteiger partial charge on any atom is -0.0193 e. The molecular weight excluding hydrogens is 132 g/mol. The standard InChI is InChI=1S/C10H14.CH4/c1-3-9(2)10-7-5-4-6-8-10;/h4-9H,3H2,1-2H3;1H4/t9-;/m0./s1. The van der Waals surface area contributed by atoms with Crippen LogP contribution in [-0.4, -0.2) is 0 Å². The molecule has 1 atom stereocenters. The van der Waals surface area contributed by atoms with Gasteiger partial charge in [-0.05, 0) is 17.9 Å². The Morgan fingerprint density at radius 1 is 1.18 bits per heavy atom. The highest BCUT2D eigenvalue weighted by Gasteiger charge is 1.98. The van der Waals surface area contributed by atoms with Gasteiger partial charge in [-0.3, -0.25) is 0 Å². The van der Waals surface area contributed by atoms with Crippen molar-refractivity contribution in [2.24, 2.45) is 0 Å². The van der Waals surface area contributed by atoms with E-state index in [0.717, 1.165) is 0 Å². The Morgan fingerprint density at radius 2 is 1.73 bits per heavy atom. The highest BCUT2D eigenvalue weighted by atomic mass is 14.0.